The maximum atomic E-state index is 12.4. The summed E-state index contributed by atoms with van der Waals surface area (Å²) in [6, 6.07) is 8.26. The van der Waals surface area contributed by atoms with E-state index in [1.54, 1.807) is 40.1 Å². The molecule has 1 aliphatic heterocycles. The first kappa shape index (κ1) is 19.9. The fourth-order valence-electron chi connectivity index (χ4n) is 2.81. The summed E-state index contributed by atoms with van der Waals surface area (Å²) in [5.74, 6) is 0.0244. The molecule has 0 N–H and O–H groups in total. The normalized spacial score (nSPS) is 15.6. The Morgan fingerprint density at radius 3 is 2.41 bits per heavy atom. The second-order valence-electron chi connectivity index (χ2n) is 6.11. The second-order valence-corrected chi connectivity index (χ2v) is 8.42. The maximum absolute atomic E-state index is 12.4. The van der Waals surface area contributed by atoms with E-state index in [1.165, 1.54) is 6.26 Å². The van der Waals surface area contributed by atoms with Crippen LogP contribution in [0.4, 0.5) is 0 Å². The Hall–Kier alpha value is -1.83. The lowest BCUT2D eigenvalue weighted by Gasteiger charge is -2.34. The molecule has 2 heterocycles. The number of carbonyl (C=O) groups is 2. The minimum Gasteiger partial charge on any atom is -0.459 e. The van der Waals surface area contributed by atoms with E-state index in [9.17, 15) is 13.8 Å². The molecule has 0 saturated carbocycles. The van der Waals surface area contributed by atoms with Gasteiger partial charge in [0.05, 0.1) is 12.0 Å². The largest absolute Gasteiger partial charge is 0.459 e. The lowest BCUT2D eigenvalue weighted by molar-refractivity contribution is -0.129. The molecule has 1 saturated heterocycles. The Labute approximate surface area is 169 Å². The molecular weight excluding hydrogens is 411 g/mol. The number of piperazine rings is 1. The molecule has 2 amide bonds. The minimum atomic E-state index is -1.38. The van der Waals surface area contributed by atoms with Gasteiger partial charge >= 0.3 is 0 Å². The van der Waals surface area contributed by atoms with Gasteiger partial charge in [0.1, 0.15) is 5.75 Å². The summed E-state index contributed by atoms with van der Waals surface area (Å²) in [6.45, 7) is 1.65. The summed E-state index contributed by atoms with van der Waals surface area (Å²) in [5, 5.41) is 0.945. The summed E-state index contributed by atoms with van der Waals surface area (Å²) in [6.07, 6.45) is 1.45. The van der Waals surface area contributed by atoms with Crippen molar-refractivity contribution in [3.63, 3.8) is 0 Å². The smallest absolute Gasteiger partial charge is 0.289 e. The van der Waals surface area contributed by atoms with Gasteiger partial charge in [-0.3, -0.25) is 13.8 Å². The first-order chi connectivity index (χ1) is 12.9. The molecule has 6 nitrogen and oxygen atoms in total. The summed E-state index contributed by atoms with van der Waals surface area (Å²) in [4.78, 5) is 27.9. The van der Waals surface area contributed by atoms with E-state index in [-0.39, 0.29) is 29.1 Å². The van der Waals surface area contributed by atoms with Crippen molar-refractivity contribution in [2.45, 2.75) is 5.75 Å². The van der Waals surface area contributed by atoms with Crippen molar-refractivity contribution in [3.8, 4) is 0 Å². The van der Waals surface area contributed by atoms with Crippen LogP contribution in [0.3, 0.4) is 0 Å². The predicted octanol–water partition coefficient (Wildman–Crippen LogP) is 2.82. The number of halogens is 2. The second kappa shape index (κ2) is 8.91. The Kier molecular flexibility index (Phi) is 6.57. The van der Waals surface area contributed by atoms with E-state index in [0.717, 1.165) is 0 Å². The van der Waals surface area contributed by atoms with E-state index in [4.69, 9.17) is 27.6 Å². The number of carbonyl (C=O) groups excluding carboxylic acids is 2. The van der Waals surface area contributed by atoms with Gasteiger partial charge in [-0.15, -0.1) is 0 Å². The number of nitrogens with zero attached hydrogens (tertiary/aromatic N) is 2. The monoisotopic (exact) mass is 428 g/mol. The lowest BCUT2D eigenvalue weighted by atomic mass is 10.2. The summed E-state index contributed by atoms with van der Waals surface area (Å²) in [7, 11) is -1.38. The fraction of sp³-hybridized carbons (Fsp3) is 0.333. The van der Waals surface area contributed by atoms with Crippen LogP contribution >= 0.6 is 23.2 Å². The molecule has 1 fully saturated rings. The van der Waals surface area contributed by atoms with Crippen molar-refractivity contribution < 1.29 is 18.2 Å². The van der Waals surface area contributed by atoms with Crippen LogP contribution in [0.15, 0.2) is 41.0 Å². The minimum absolute atomic E-state index is 0.0783. The van der Waals surface area contributed by atoms with Gasteiger partial charge in [-0.1, -0.05) is 29.3 Å². The van der Waals surface area contributed by atoms with Crippen LogP contribution in [-0.4, -0.2) is 57.8 Å². The molecule has 0 spiro atoms. The molecule has 27 heavy (non-hydrogen) atoms. The first-order valence-electron chi connectivity index (χ1n) is 8.33. The van der Waals surface area contributed by atoms with Crippen LogP contribution in [0.1, 0.15) is 16.1 Å². The third-order valence-corrected chi connectivity index (χ3v) is 6.06. The van der Waals surface area contributed by atoms with Crippen molar-refractivity contribution in [2.75, 3.05) is 31.9 Å². The average molecular weight is 429 g/mol. The zero-order chi connectivity index (χ0) is 19.4. The number of amides is 2. The van der Waals surface area contributed by atoms with Crippen LogP contribution < -0.4 is 0 Å². The highest BCUT2D eigenvalue weighted by atomic mass is 35.5. The third-order valence-electron chi connectivity index (χ3n) is 4.27. The molecule has 3 rings (SSSR count). The maximum Gasteiger partial charge on any atom is 0.289 e. The van der Waals surface area contributed by atoms with Gasteiger partial charge in [0.25, 0.3) is 5.91 Å². The fourth-order valence-corrected chi connectivity index (χ4v) is 4.52. The summed E-state index contributed by atoms with van der Waals surface area (Å²) in [5.41, 5.74) is 0.695. The molecular formula is C18H18Cl2N2O4S. The Bertz CT molecular complexity index is 849. The topological polar surface area (TPSA) is 70.8 Å². The highest BCUT2D eigenvalue weighted by Gasteiger charge is 2.26. The van der Waals surface area contributed by atoms with Gasteiger partial charge in [0.15, 0.2) is 5.76 Å². The molecule has 0 bridgehead atoms. The van der Waals surface area contributed by atoms with Crippen LogP contribution in [0.5, 0.6) is 0 Å². The average Bonchev–Trinajstić information content (AvgIpc) is 3.18. The molecule has 9 heteroatoms. The SMILES string of the molecule is O=C(C[S@](=O)Cc1ccc(Cl)cc1Cl)N1CCN(C(=O)c2ccco2)CC1. The third kappa shape index (κ3) is 5.12. The zero-order valence-corrected chi connectivity index (χ0v) is 16.7. The lowest BCUT2D eigenvalue weighted by Crippen LogP contribution is -2.51. The first-order valence-corrected chi connectivity index (χ1v) is 10.6. The molecule has 1 aliphatic rings. The van der Waals surface area contributed by atoms with Crippen LogP contribution in [0.25, 0.3) is 0 Å². The van der Waals surface area contributed by atoms with Crippen LogP contribution in [-0.2, 0) is 21.3 Å². The van der Waals surface area contributed by atoms with E-state index < -0.39 is 10.8 Å². The zero-order valence-electron chi connectivity index (χ0n) is 14.4. The number of hydrogen-bond acceptors (Lipinski definition) is 4. The highest BCUT2D eigenvalue weighted by molar-refractivity contribution is 7.84. The number of benzene rings is 1. The number of hydrogen-bond donors (Lipinski definition) is 0. The molecule has 0 unspecified atom stereocenters. The van der Waals surface area contributed by atoms with Gasteiger partial charge in [0.2, 0.25) is 5.91 Å². The summed E-state index contributed by atoms with van der Waals surface area (Å²) >= 11 is 11.9. The Balaban J connectivity index is 1.49. The van der Waals surface area contributed by atoms with E-state index in [2.05, 4.69) is 0 Å². The van der Waals surface area contributed by atoms with Gasteiger partial charge in [-0.25, -0.2) is 0 Å². The quantitative estimate of drug-likeness (QED) is 0.733. The number of rotatable bonds is 5. The van der Waals surface area contributed by atoms with E-state index in [0.29, 0.717) is 41.8 Å². The van der Waals surface area contributed by atoms with Crippen molar-refractivity contribution in [3.05, 3.63) is 58.0 Å². The van der Waals surface area contributed by atoms with Crippen molar-refractivity contribution in [1.82, 2.24) is 9.80 Å². The molecule has 1 aromatic carbocycles. The standard InChI is InChI=1S/C18H18Cl2N2O4S/c19-14-4-3-13(15(20)10-14)11-27(25)12-17(23)21-5-7-22(8-6-21)18(24)16-2-1-9-26-16/h1-4,9-10H,5-8,11-12H2/t27-/m1/s1. The molecule has 1 atom stereocenters. The highest BCUT2D eigenvalue weighted by Crippen LogP contribution is 2.22. The van der Waals surface area contributed by atoms with E-state index >= 15 is 0 Å². The molecule has 144 valence electrons. The number of furan rings is 1. The Morgan fingerprint density at radius 2 is 1.78 bits per heavy atom. The molecule has 0 aliphatic carbocycles. The van der Waals surface area contributed by atoms with Crippen molar-refractivity contribution in [2.24, 2.45) is 0 Å². The van der Waals surface area contributed by atoms with Crippen molar-refractivity contribution in [1.29, 1.82) is 0 Å². The molecule has 2 aromatic rings. The van der Waals surface area contributed by atoms with Crippen LogP contribution in [0, 0.1) is 0 Å². The van der Waals surface area contributed by atoms with Crippen molar-refractivity contribution >= 4 is 45.8 Å². The summed E-state index contributed by atoms with van der Waals surface area (Å²) < 4.78 is 17.4. The van der Waals surface area contributed by atoms with Gasteiger partial charge in [0, 0.05) is 47.0 Å². The van der Waals surface area contributed by atoms with Gasteiger partial charge in [-0.2, -0.15) is 0 Å². The Morgan fingerprint density at radius 1 is 1.07 bits per heavy atom. The molecule has 1 aromatic heterocycles. The van der Waals surface area contributed by atoms with Crippen LogP contribution in [0.2, 0.25) is 10.0 Å². The van der Waals surface area contributed by atoms with Gasteiger partial charge in [-0.05, 0) is 29.8 Å². The van der Waals surface area contributed by atoms with E-state index in [1.807, 2.05) is 0 Å². The predicted molar refractivity (Wildman–Crippen MR) is 104 cm³/mol. The molecule has 0 radical (unpaired) electrons. The van der Waals surface area contributed by atoms with Gasteiger partial charge < -0.3 is 14.2 Å².